The fourth-order valence-corrected chi connectivity index (χ4v) is 2.14. The van der Waals surface area contributed by atoms with Crippen LogP contribution in [0.3, 0.4) is 0 Å². The molecule has 1 unspecified atom stereocenters. The quantitative estimate of drug-likeness (QED) is 0.700. The molecule has 1 atom stereocenters. The van der Waals surface area contributed by atoms with Crippen LogP contribution in [-0.4, -0.2) is 37.2 Å². The maximum Gasteiger partial charge on any atom is 0.303 e. The number of carbonyl (C=O) groups is 2. The predicted molar refractivity (Wildman–Crippen MR) is 62.6 cm³/mol. The number of carboxylic acids is 1. The van der Waals surface area contributed by atoms with E-state index in [-0.39, 0.29) is 23.7 Å². The van der Waals surface area contributed by atoms with Gasteiger partial charge in [0.2, 0.25) is 5.91 Å². The number of hydrogen-bond donors (Lipinski definition) is 2. The van der Waals surface area contributed by atoms with Crippen LogP contribution < -0.4 is 5.32 Å². The standard InChI is InChI=1S/C12H21NO4/c1-9(6-10(14)15)7-13-11(16)12(8-17-2)4-3-5-12/h9H,3-8H2,1-2H3,(H,13,16)(H,14,15). The third kappa shape index (κ3) is 3.70. The van der Waals surface area contributed by atoms with Crippen LogP contribution in [-0.2, 0) is 14.3 Å². The van der Waals surface area contributed by atoms with Gasteiger partial charge in [-0.15, -0.1) is 0 Å². The van der Waals surface area contributed by atoms with Gasteiger partial charge in [-0.3, -0.25) is 9.59 Å². The molecule has 0 bridgehead atoms. The monoisotopic (exact) mass is 243 g/mol. The Morgan fingerprint density at radius 1 is 1.47 bits per heavy atom. The van der Waals surface area contributed by atoms with E-state index >= 15 is 0 Å². The Kier molecular flexibility index (Phi) is 4.93. The third-order valence-corrected chi connectivity index (χ3v) is 3.35. The van der Waals surface area contributed by atoms with Crippen molar-refractivity contribution in [2.45, 2.75) is 32.6 Å². The van der Waals surface area contributed by atoms with Gasteiger partial charge in [0.25, 0.3) is 0 Å². The van der Waals surface area contributed by atoms with Crippen molar-refractivity contribution < 1.29 is 19.4 Å². The zero-order valence-electron chi connectivity index (χ0n) is 10.5. The molecule has 0 aliphatic heterocycles. The summed E-state index contributed by atoms with van der Waals surface area (Å²) < 4.78 is 5.09. The first-order chi connectivity index (χ1) is 8.00. The Balaban J connectivity index is 2.35. The smallest absolute Gasteiger partial charge is 0.303 e. The Labute approximate surface area is 102 Å². The van der Waals surface area contributed by atoms with Crippen molar-refractivity contribution in [2.75, 3.05) is 20.3 Å². The molecule has 98 valence electrons. The minimum absolute atomic E-state index is 0.00263. The van der Waals surface area contributed by atoms with E-state index in [1.54, 1.807) is 7.11 Å². The van der Waals surface area contributed by atoms with Crippen molar-refractivity contribution in [2.24, 2.45) is 11.3 Å². The average molecular weight is 243 g/mol. The molecular weight excluding hydrogens is 222 g/mol. The number of hydrogen-bond acceptors (Lipinski definition) is 3. The van der Waals surface area contributed by atoms with Gasteiger partial charge in [-0.05, 0) is 18.8 Å². The van der Waals surface area contributed by atoms with E-state index in [9.17, 15) is 9.59 Å². The first-order valence-corrected chi connectivity index (χ1v) is 5.99. The van der Waals surface area contributed by atoms with Crippen molar-refractivity contribution in [3.63, 3.8) is 0 Å². The molecule has 1 fully saturated rings. The number of carboxylic acid groups (broad SMARTS) is 1. The normalized spacial score (nSPS) is 19.2. The summed E-state index contributed by atoms with van der Waals surface area (Å²) >= 11 is 0. The summed E-state index contributed by atoms with van der Waals surface area (Å²) in [5.74, 6) is -0.874. The maximum absolute atomic E-state index is 12.0. The second-order valence-electron chi connectivity index (χ2n) is 4.98. The van der Waals surface area contributed by atoms with Gasteiger partial charge in [0.05, 0.1) is 12.0 Å². The fourth-order valence-electron chi connectivity index (χ4n) is 2.14. The van der Waals surface area contributed by atoms with Crippen LogP contribution in [0.4, 0.5) is 0 Å². The van der Waals surface area contributed by atoms with E-state index in [1.165, 1.54) is 0 Å². The first-order valence-electron chi connectivity index (χ1n) is 5.99. The van der Waals surface area contributed by atoms with Gasteiger partial charge in [0.15, 0.2) is 0 Å². The first kappa shape index (κ1) is 14.0. The van der Waals surface area contributed by atoms with Crippen LogP contribution in [0, 0.1) is 11.3 Å². The molecule has 5 heteroatoms. The molecule has 1 amide bonds. The lowest BCUT2D eigenvalue weighted by atomic mass is 9.68. The van der Waals surface area contributed by atoms with Crippen molar-refractivity contribution in [3.8, 4) is 0 Å². The van der Waals surface area contributed by atoms with Gasteiger partial charge < -0.3 is 15.2 Å². The molecular formula is C12H21NO4. The Morgan fingerprint density at radius 3 is 2.53 bits per heavy atom. The number of carbonyl (C=O) groups excluding carboxylic acids is 1. The van der Waals surface area contributed by atoms with E-state index in [4.69, 9.17) is 9.84 Å². The number of nitrogens with one attached hydrogen (secondary N) is 1. The second-order valence-corrected chi connectivity index (χ2v) is 4.98. The fraction of sp³-hybridized carbons (Fsp3) is 0.833. The predicted octanol–water partition coefficient (Wildman–Crippen LogP) is 1.03. The summed E-state index contributed by atoms with van der Waals surface area (Å²) in [6, 6.07) is 0. The van der Waals surface area contributed by atoms with Crippen LogP contribution in [0.25, 0.3) is 0 Å². The summed E-state index contributed by atoms with van der Waals surface area (Å²) in [7, 11) is 1.60. The molecule has 1 aliphatic carbocycles. The maximum atomic E-state index is 12.0. The second kappa shape index (κ2) is 6.00. The molecule has 1 rings (SSSR count). The number of methoxy groups -OCH3 is 1. The lowest BCUT2D eigenvalue weighted by Crippen LogP contribution is -2.49. The Morgan fingerprint density at radius 2 is 2.12 bits per heavy atom. The number of aliphatic carboxylic acids is 1. The van der Waals surface area contributed by atoms with Crippen LogP contribution in [0.5, 0.6) is 0 Å². The minimum atomic E-state index is -0.831. The molecule has 0 saturated heterocycles. The van der Waals surface area contributed by atoms with Gasteiger partial charge in [0, 0.05) is 20.1 Å². The van der Waals surface area contributed by atoms with Crippen LogP contribution in [0.15, 0.2) is 0 Å². The Bertz CT molecular complexity index is 286. The van der Waals surface area contributed by atoms with Crippen molar-refractivity contribution in [3.05, 3.63) is 0 Å². The molecule has 0 heterocycles. The van der Waals surface area contributed by atoms with E-state index in [0.717, 1.165) is 19.3 Å². The topological polar surface area (TPSA) is 75.6 Å². The largest absolute Gasteiger partial charge is 0.481 e. The van der Waals surface area contributed by atoms with E-state index in [0.29, 0.717) is 13.2 Å². The summed E-state index contributed by atoms with van der Waals surface area (Å²) in [6.45, 7) is 2.68. The molecule has 0 spiro atoms. The van der Waals surface area contributed by atoms with Gasteiger partial charge in [-0.1, -0.05) is 13.3 Å². The van der Waals surface area contributed by atoms with Crippen molar-refractivity contribution in [1.29, 1.82) is 0 Å². The van der Waals surface area contributed by atoms with Gasteiger partial charge in [-0.25, -0.2) is 0 Å². The molecule has 1 saturated carbocycles. The molecule has 0 aromatic heterocycles. The van der Waals surface area contributed by atoms with Gasteiger partial charge in [-0.2, -0.15) is 0 Å². The number of amides is 1. The SMILES string of the molecule is COCC1(C(=O)NCC(C)CC(=O)O)CCC1. The molecule has 0 radical (unpaired) electrons. The van der Waals surface area contributed by atoms with Crippen LogP contribution in [0.1, 0.15) is 32.6 Å². The number of rotatable bonds is 7. The molecule has 5 nitrogen and oxygen atoms in total. The van der Waals surface area contributed by atoms with Crippen molar-refractivity contribution >= 4 is 11.9 Å². The lowest BCUT2D eigenvalue weighted by Gasteiger charge is -2.39. The van der Waals surface area contributed by atoms with E-state index < -0.39 is 5.97 Å². The summed E-state index contributed by atoms with van der Waals surface area (Å²) in [6.07, 6.45) is 2.86. The zero-order chi connectivity index (χ0) is 12.9. The number of ether oxygens (including phenoxy) is 1. The molecule has 1 aliphatic rings. The van der Waals surface area contributed by atoms with Crippen LogP contribution >= 0.6 is 0 Å². The van der Waals surface area contributed by atoms with E-state index in [2.05, 4.69) is 5.32 Å². The highest BCUT2D eigenvalue weighted by Crippen LogP contribution is 2.41. The molecule has 0 aromatic rings. The Hall–Kier alpha value is -1.10. The molecule has 17 heavy (non-hydrogen) atoms. The summed E-state index contributed by atoms with van der Waals surface area (Å²) in [4.78, 5) is 22.5. The van der Waals surface area contributed by atoms with Crippen molar-refractivity contribution in [1.82, 2.24) is 5.32 Å². The van der Waals surface area contributed by atoms with Gasteiger partial charge >= 0.3 is 5.97 Å². The van der Waals surface area contributed by atoms with E-state index in [1.807, 2.05) is 6.92 Å². The highest BCUT2D eigenvalue weighted by Gasteiger charge is 2.44. The molecule has 2 N–H and O–H groups in total. The highest BCUT2D eigenvalue weighted by atomic mass is 16.5. The minimum Gasteiger partial charge on any atom is -0.481 e. The van der Waals surface area contributed by atoms with Crippen LogP contribution in [0.2, 0.25) is 0 Å². The van der Waals surface area contributed by atoms with Gasteiger partial charge in [0.1, 0.15) is 0 Å². The third-order valence-electron chi connectivity index (χ3n) is 3.35. The zero-order valence-corrected chi connectivity index (χ0v) is 10.5. The highest BCUT2D eigenvalue weighted by molar-refractivity contribution is 5.83. The molecule has 0 aromatic carbocycles. The lowest BCUT2D eigenvalue weighted by molar-refractivity contribution is -0.142. The average Bonchev–Trinajstić information content (AvgIpc) is 2.19. The summed E-state index contributed by atoms with van der Waals surface area (Å²) in [5.41, 5.74) is -0.363. The summed E-state index contributed by atoms with van der Waals surface area (Å²) in [5, 5.41) is 11.5.